The molecule has 0 radical (unpaired) electrons. The van der Waals surface area contributed by atoms with Gasteiger partial charge in [0.2, 0.25) is 0 Å². The van der Waals surface area contributed by atoms with Gasteiger partial charge in [0.15, 0.2) is 0 Å². The lowest BCUT2D eigenvalue weighted by Gasteiger charge is -2.35. The maximum Gasteiger partial charge on any atom is 0.0475 e. The van der Waals surface area contributed by atoms with E-state index in [1.54, 1.807) is 0 Å². The average Bonchev–Trinajstić information content (AvgIpc) is 2.48. The molecule has 1 aromatic carbocycles. The summed E-state index contributed by atoms with van der Waals surface area (Å²) in [5.74, 6) is 0. The largest absolute Gasteiger partial charge is 0.309 e. The highest BCUT2D eigenvalue weighted by molar-refractivity contribution is 5.20. The first-order chi connectivity index (χ1) is 9.74. The SMILES string of the molecule is CCCNC(c1ccccc1)C(C)N(CCC)CCC. The Bertz CT molecular complexity index is 331. The lowest BCUT2D eigenvalue weighted by atomic mass is 9.98. The molecule has 0 amide bonds. The van der Waals surface area contributed by atoms with Crippen LogP contribution in [-0.2, 0) is 0 Å². The summed E-state index contributed by atoms with van der Waals surface area (Å²) in [6.07, 6.45) is 3.62. The van der Waals surface area contributed by atoms with Gasteiger partial charge in [-0.3, -0.25) is 4.90 Å². The summed E-state index contributed by atoms with van der Waals surface area (Å²) in [5.41, 5.74) is 1.41. The first-order valence-electron chi connectivity index (χ1n) is 8.26. The smallest absolute Gasteiger partial charge is 0.0475 e. The van der Waals surface area contributed by atoms with Crippen LogP contribution >= 0.6 is 0 Å². The molecule has 2 nitrogen and oxygen atoms in total. The lowest BCUT2D eigenvalue weighted by molar-refractivity contribution is 0.169. The van der Waals surface area contributed by atoms with Gasteiger partial charge in [-0.1, -0.05) is 51.1 Å². The van der Waals surface area contributed by atoms with Gasteiger partial charge in [-0.2, -0.15) is 0 Å². The first-order valence-corrected chi connectivity index (χ1v) is 8.26. The lowest BCUT2D eigenvalue weighted by Crippen LogP contribution is -2.44. The van der Waals surface area contributed by atoms with Crippen LogP contribution in [0.15, 0.2) is 30.3 Å². The van der Waals surface area contributed by atoms with Crippen molar-refractivity contribution in [3.8, 4) is 0 Å². The molecule has 2 atom stereocenters. The zero-order valence-corrected chi connectivity index (χ0v) is 13.7. The molecule has 1 rings (SSSR count). The second-order valence-electron chi connectivity index (χ2n) is 5.62. The summed E-state index contributed by atoms with van der Waals surface area (Å²) >= 11 is 0. The Morgan fingerprint density at radius 3 is 2.05 bits per heavy atom. The van der Waals surface area contributed by atoms with Crippen molar-refractivity contribution in [2.24, 2.45) is 0 Å². The highest BCUT2D eigenvalue weighted by Gasteiger charge is 2.23. The Balaban J connectivity index is 2.84. The number of hydrogen-bond donors (Lipinski definition) is 1. The number of benzene rings is 1. The van der Waals surface area contributed by atoms with Crippen LogP contribution in [-0.4, -0.2) is 30.6 Å². The van der Waals surface area contributed by atoms with Gasteiger partial charge in [-0.05, 0) is 51.4 Å². The van der Waals surface area contributed by atoms with Crippen LogP contribution in [0.25, 0.3) is 0 Å². The van der Waals surface area contributed by atoms with E-state index in [1.165, 1.54) is 37.9 Å². The third-order valence-corrected chi connectivity index (χ3v) is 3.85. The van der Waals surface area contributed by atoms with Crippen molar-refractivity contribution in [1.29, 1.82) is 0 Å². The average molecular weight is 276 g/mol. The van der Waals surface area contributed by atoms with Gasteiger partial charge < -0.3 is 5.32 Å². The van der Waals surface area contributed by atoms with Crippen LogP contribution < -0.4 is 5.32 Å². The summed E-state index contributed by atoms with van der Waals surface area (Å²) in [6, 6.07) is 11.8. The molecule has 0 heterocycles. The maximum atomic E-state index is 3.74. The van der Waals surface area contributed by atoms with Crippen LogP contribution in [0, 0.1) is 0 Å². The summed E-state index contributed by atoms with van der Waals surface area (Å²) in [6.45, 7) is 12.6. The molecule has 0 saturated heterocycles. The van der Waals surface area contributed by atoms with Gasteiger partial charge >= 0.3 is 0 Å². The van der Waals surface area contributed by atoms with E-state index in [2.05, 4.69) is 68.2 Å². The van der Waals surface area contributed by atoms with E-state index < -0.39 is 0 Å². The molecule has 0 spiro atoms. The quantitative estimate of drug-likeness (QED) is 0.687. The van der Waals surface area contributed by atoms with Gasteiger partial charge in [0, 0.05) is 12.1 Å². The molecule has 1 N–H and O–H groups in total. The molecule has 0 bridgehead atoms. The summed E-state index contributed by atoms with van der Waals surface area (Å²) < 4.78 is 0. The van der Waals surface area contributed by atoms with Crippen LogP contribution in [0.5, 0.6) is 0 Å². The zero-order valence-electron chi connectivity index (χ0n) is 13.7. The molecule has 2 unspecified atom stereocenters. The fraction of sp³-hybridized carbons (Fsp3) is 0.667. The highest BCUT2D eigenvalue weighted by Crippen LogP contribution is 2.21. The van der Waals surface area contributed by atoms with E-state index in [9.17, 15) is 0 Å². The van der Waals surface area contributed by atoms with E-state index >= 15 is 0 Å². The van der Waals surface area contributed by atoms with Crippen LogP contribution in [0.4, 0.5) is 0 Å². The predicted molar refractivity (Wildman–Crippen MR) is 89.1 cm³/mol. The molecule has 0 aliphatic heterocycles. The summed E-state index contributed by atoms with van der Waals surface area (Å²) in [5, 5.41) is 3.74. The van der Waals surface area contributed by atoms with Crippen molar-refractivity contribution in [1.82, 2.24) is 10.2 Å². The van der Waals surface area contributed by atoms with Gasteiger partial charge in [0.05, 0.1) is 0 Å². The van der Waals surface area contributed by atoms with Crippen molar-refractivity contribution in [2.45, 2.75) is 59.0 Å². The van der Waals surface area contributed by atoms with Crippen LogP contribution in [0.2, 0.25) is 0 Å². The van der Waals surface area contributed by atoms with E-state index in [0.717, 1.165) is 6.54 Å². The van der Waals surface area contributed by atoms with E-state index in [-0.39, 0.29) is 0 Å². The zero-order chi connectivity index (χ0) is 14.8. The summed E-state index contributed by atoms with van der Waals surface area (Å²) in [4.78, 5) is 2.63. The van der Waals surface area contributed by atoms with Crippen molar-refractivity contribution in [3.05, 3.63) is 35.9 Å². The molecular formula is C18H32N2. The molecule has 0 aliphatic carbocycles. The topological polar surface area (TPSA) is 15.3 Å². The normalized spacial score (nSPS) is 14.4. The van der Waals surface area contributed by atoms with Crippen molar-refractivity contribution in [3.63, 3.8) is 0 Å². The van der Waals surface area contributed by atoms with Crippen LogP contribution in [0.1, 0.15) is 58.6 Å². The number of rotatable bonds is 10. The highest BCUT2D eigenvalue weighted by atomic mass is 15.2. The minimum atomic E-state index is 0.425. The van der Waals surface area contributed by atoms with Crippen molar-refractivity contribution >= 4 is 0 Å². The van der Waals surface area contributed by atoms with Gasteiger partial charge in [-0.25, -0.2) is 0 Å². The minimum Gasteiger partial charge on any atom is -0.309 e. The van der Waals surface area contributed by atoms with Crippen LogP contribution in [0.3, 0.4) is 0 Å². The summed E-state index contributed by atoms with van der Waals surface area (Å²) in [7, 11) is 0. The monoisotopic (exact) mass is 276 g/mol. The second-order valence-corrected chi connectivity index (χ2v) is 5.62. The second kappa shape index (κ2) is 9.95. The van der Waals surface area contributed by atoms with Gasteiger partial charge in [-0.15, -0.1) is 0 Å². The Labute approximate surface area is 125 Å². The van der Waals surface area contributed by atoms with E-state index in [0.29, 0.717) is 12.1 Å². The van der Waals surface area contributed by atoms with Gasteiger partial charge in [0.1, 0.15) is 0 Å². The Morgan fingerprint density at radius 2 is 1.55 bits per heavy atom. The Kier molecular flexibility index (Phi) is 8.56. The predicted octanol–water partition coefficient (Wildman–Crippen LogP) is 4.24. The maximum absolute atomic E-state index is 3.74. The minimum absolute atomic E-state index is 0.425. The van der Waals surface area contributed by atoms with E-state index in [1.807, 2.05) is 0 Å². The Morgan fingerprint density at radius 1 is 0.950 bits per heavy atom. The molecule has 1 aromatic rings. The standard InChI is InChI=1S/C18H32N2/c1-5-13-19-18(17-11-9-8-10-12-17)16(4)20(14-6-2)15-7-3/h8-12,16,18-19H,5-7,13-15H2,1-4H3. The number of nitrogens with one attached hydrogen (secondary N) is 1. The third-order valence-electron chi connectivity index (χ3n) is 3.85. The molecule has 20 heavy (non-hydrogen) atoms. The van der Waals surface area contributed by atoms with Crippen molar-refractivity contribution in [2.75, 3.05) is 19.6 Å². The molecule has 0 aromatic heterocycles. The molecule has 0 aliphatic rings. The molecule has 2 heteroatoms. The van der Waals surface area contributed by atoms with Gasteiger partial charge in [0.25, 0.3) is 0 Å². The molecule has 114 valence electrons. The molecule has 0 fully saturated rings. The number of hydrogen-bond acceptors (Lipinski definition) is 2. The molecule has 0 saturated carbocycles. The Hall–Kier alpha value is -0.860. The first kappa shape index (κ1) is 17.2. The fourth-order valence-corrected chi connectivity index (χ4v) is 2.83. The third kappa shape index (κ3) is 5.26. The van der Waals surface area contributed by atoms with E-state index in [4.69, 9.17) is 0 Å². The van der Waals surface area contributed by atoms with Crippen molar-refractivity contribution < 1.29 is 0 Å². The fourth-order valence-electron chi connectivity index (χ4n) is 2.83. The molecular weight excluding hydrogens is 244 g/mol. The number of nitrogens with zero attached hydrogens (tertiary/aromatic N) is 1.